The molecular weight excluding hydrogens is 424 g/mol. The maximum Gasteiger partial charge on any atom is 0.120 e. The van der Waals surface area contributed by atoms with Crippen molar-refractivity contribution in [2.75, 3.05) is 0 Å². The number of hydrogen-bond acceptors (Lipinski definition) is 3. The summed E-state index contributed by atoms with van der Waals surface area (Å²) >= 11 is 1.82. The van der Waals surface area contributed by atoms with Gasteiger partial charge in [0.25, 0.3) is 0 Å². The number of thioether (sulfide) groups is 1. The zero-order valence-electron chi connectivity index (χ0n) is 17.7. The van der Waals surface area contributed by atoms with Crippen molar-refractivity contribution in [3.05, 3.63) is 142 Å². The van der Waals surface area contributed by atoms with Gasteiger partial charge in [-0.05, 0) is 51.6 Å². The first-order chi connectivity index (χ1) is 16.2. The van der Waals surface area contributed by atoms with Gasteiger partial charge in [0, 0.05) is 21.9 Å². The second-order valence-corrected chi connectivity index (χ2v) is 10.0. The molecule has 0 saturated heterocycles. The van der Waals surface area contributed by atoms with Crippen LogP contribution >= 0.6 is 11.8 Å². The smallest absolute Gasteiger partial charge is 0.120 e. The van der Waals surface area contributed by atoms with Crippen LogP contribution in [0.4, 0.5) is 0 Å². The number of hydrogen-bond donors (Lipinski definition) is 2. The standard InChI is InChI=1S/C30H20O2S/c31-23-15-7-13-20-27(23)29-26(19-11-5-2-6-12-19)22-17-25(18-9-3-1-4-10-18)33-30(20,22)21-14-8-16-24(32)28(21)29/h1-17,29,31-32H. The third-order valence-electron chi connectivity index (χ3n) is 7.14. The van der Waals surface area contributed by atoms with E-state index in [-0.39, 0.29) is 17.4 Å². The summed E-state index contributed by atoms with van der Waals surface area (Å²) in [6.07, 6.45) is 2.33. The Labute approximate surface area is 196 Å². The summed E-state index contributed by atoms with van der Waals surface area (Å²) in [6, 6.07) is 32.6. The molecule has 0 radical (unpaired) electrons. The molecule has 158 valence electrons. The Hall–Kier alpha value is -3.69. The first-order valence-electron chi connectivity index (χ1n) is 11.1. The molecule has 2 bridgehead atoms. The quantitative estimate of drug-likeness (QED) is 0.348. The molecule has 3 heteroatoms. The van der Waals surface area contributed by atoms with Gasteiger partial charge >= 0.3 is 0 Å². The van der Waals surface area contributed by atoms with Gasteiger partial charge in [-0.3, -0.25) is 0 Å². The highest BCUT2D eigenvalue weighted by Gasteiger charge is 2.57. The van der Waals surface area contributed by atoms with Gasteiger partial charge < -0.3 is 10.2 Å². The topological polar surface area (TPSA) is 40.5 Å². The van der Waals surface area contributed by atoms with Crippen molar-refractivity contribution in [1.29, 1.82) is 0 Å². The molecule has 0 amide bonds. The van der Waals surface area contributed by atoms with Crippen LogP contribution in [-0.2, 0) is 4.75 Å². The van der Waals surface area contributed by atoms with Crippen molar-refractivity contribution in [3.63, 3.8) is 0 Å². The third kappa shape index (κ3) is 2.35. The molecule has 4 aromatic rings. The number of benzene rings is 4. The normalized spacial score (nSPS) is 21.9. The van der Waals surface area contributed by atoms with E-state index in [1.165, 1.54) is 16.0 Å². The highest BCUT2D eigenvalue weighted by atomic mass is 32.2. The minimum Gasteiger partial charge on any atom is -0.508 e. The largest absolute Gasteiger partial charge is 0.508 e. The van der Waals surface area contributed by atoms with Crippen molar-refractivity contribution < 1.29 is 10.2 Å². The lowest BCUT2D eigenvalue weighted by atomic mass is 9.59. The van der Waals surface area contributed by atoms with E-state index in [0.29, 0.717) is 0 Å². The fourth-order valence-electron chi connectivity index (χ4n) is 5.89. The Morgan fingerprint density at radius 2 is 1.15 bits per heavy atom. The van der Waals surface area contributed by atoms with E-state index in [9.17, 15) is 10.2 Å². The first kappa shape index (κ1) is 18.8. The van der Waals surface area contributed by atoms with Gasteiger partial charge in [-0.25, -0.2) is 0 Å². The Kier molecular flexibility index (Phi) is 3.80. The van der Waals surface area contributed by atoms with Gasteiger partial charge in [-0.2, -0.15) is 0 Å². The van der Waals surface area contributed by atoms with Crippen LogP contribution < -0.4 is 0 Å². The lowest BCUT2D eigenvalue weighted by Gasteiger charge is -2.49. The molecule has 0 atom stereocenters. The molecule has 33 heavy (non-hydrogen) atoms. The fourth-order valence-corrected chi connectivity index (χ4v) is 7.51. The maximum absolute atomic E-state index is 11.1. The third-order valence-corrected chi connectivity index (χ3v) is 8.68. The lowest BCUT2D eigenvalue weighted by Crippen LogP contribution is -2.38. The monoisotopic (exact) mass is 444 g/mol. The predicted molar refractivity (Wildman–Crippen MR) is 134 cm³/mol. The molecule has 4 aliphatic rings. The molecular formula is C30H20O2S. The Bertz CT molecular complexity index is 1450. The molecule has 1 spiro atoms. The van der Waals surface area contributed by atoms with Crippen molar-refractivity contribution in [3.8, 4) is 11.5 Å². The molecule has 4 aromatic carbocycles. The summed E-state index contributed by atoms with van der Waals surface area (Å²) in [5.41, 5.74) is 8.76. The fraction of sp³-hybridized carbons (Fsp3) is 0.0667. The molecule has 0 saturated carbocycles. The molecule has 3 aliphatic carbocycles. The molecule has 8 rings (SSSR count). The van der Waals surface area contributed by atoms with Crippen molar-refractivity contribution >= 4 is 22.2 Å². The Morgan fingerprint density at radius 3 is 1.73 bits per heavy atom. The summed E-state index contributed by atoms with van der Waals surface area (Å²) < 4.78 is -0.521. The average Bonchev–Trinajstić information content (AvgIpc) is 3.27. The van der Waals surface area contributed by atoms with Crippen LogP contribution in [0.1, 0.15) is 39.3 Å². The van der Waals surface area contributed by atoms with E-state index in [2.05, 4.69) is 66.7 Å². The van der Waals surface area contributed by atoms with Gasteiger partial charge in [-0.1, -0.05) is 84.9 Å². The summed E-state index contributed by atoms with van der Waals surface area (Å²) in [5.74, 6) is 0.336. The van der Waals surface area contributed by atoms with Crippen LogP contribution in [0.5, 0.6) is 11.5 Å². The van der Waals surface area contributed by atoms with Crippen LogP contribution in [0.2, 0.25) is 0 Å². The summed E-state index contributed by atoms with van der Waals surface area (Å²) in [5, 5.41) is 22.3. The predicted octanol–water partition coefficient (Wildman–Crippen LogP) is 7.04. The van der Waals surface area contributed by atoms with Gasteiger partial charge in [0.2, 0.25) is 0 Å². The molecule has 1 heterocycles. The summed E-state index contributed by atoms with van der Waals surface area (Å²) in [4.78, 5) is 1.20. The number of allylic oxidation sites excluding steroid dienone is 2. The van der Waals surface area contributed by atoms with Crippen molar-refractivity contribution in [1.82, 2.24) is 0 Å². The van der Waals surface area contributed by atoms with E-state index >= 15 is 0 Å². The van der Waals surface area contributed by atoms with Crippen LogP contribution in [0.3, 0.4) is 0 Å². The zero-order chi connectivity index (χ0) is 22.2. The van der Waals surface area contributed by atoms with E-state index in [0.717, 1.165) is 33.4 Å². The highest BCUT2D eigenvalue weighted by molar-refractivity contribution is 8.10. The van der Waals surface area contributed by atoms with E-state index in [4.69, 9.17) is 0 Å². The van der Waals surface area contributed by atoms with E-state index < -0.39 is 4.75 Å². The zero-order valence-corrected chi connectivity index (χ0v) is 18.5. The molecule has 0 aromatic heterocycles. The summed E-state index contributed by atoms with van der Waals surface area (Å²) in [6.45, 7) is 0. The van der Waals surface area contributed by atoms with Crippen LogP contribution in [0.15, 0.2) is 109 Å². The second kappa shape index (κ2) is 6.66. The minimum absolute atomic E-state index is 0.233. The number of phenolic OH excluding ortho intramolecular Hbond substituents is 2. The minimum atomic E-state index is -0.521. The number of rotatable bonds is 2. The van der Waals surface area contributed by atoms with Gasteiger partial charge in [0.1, 0.15) is 11.5 Å². The lowest BCUT2D eigenvalue weighted by molar-refractivity contribution is 0.452. The molecule has 0 unspecified atom stereocenters. The van der Waals surface area contributed by atoms with Crippen LogP contribution in [-0.4, -0.2) is 10.2 Å². The maximum atomic E-state index is 11.1. The van der Waals surface area contributed by atoms with Crippen LogP contribution in [0, 0.1) is 0 Å². The molecule has 2 N–H and O–H groups in total. The number of aromatic hydroxyl groups is 2. The van der Waals surface area contributed by atoms with E-state index in [1.807, 2.05) is 36.0 Å². The van der Waals surface area contributed by atoms with Crippen molar-refractivity contribution in [2.45, 2.75) is 10.7 Å². The molecule has 0 fully saturated rings. The van der Waals surface area contributed by atoms with Crippen LogP contribution in [0.25, 0.3) is 10.5 Å². The van der Waals surface area contributed by atoms with Gasteiger partial charge in [0.15, 0.2) is 0 Å². The SMILES string of the molecule is Oc1cccc2c1C1C(c3ccccc3)=C3C=C(c4ccccc4)SC32c2cccc(O)c21. The Morgan fingerprint density at radius 1 is 0.606 bits per heavy atom. The molecule has 1 aliphatic heterocycles. The summed E-state index contributed by atoms with van der Waals surface area (Å²) in [7, 11) is 0. The average molecular weight is 445 g/mol. The Balaban J connectivity index is 1.64. The first-order valence-corrected chi connectivity index (χ1v) is 11.9. The van der Waals surface area contributed by atoms with E-state index in [1.54, 1.807) is 12.1 Å². The van der Waals surface area contributed by atoms with Crippen molar-refractivity contribution in [2.24, 2.45) is 0 Å². The van der Waals surface area contributed by atoms with Gasteiger partial charge in [0.05, 0.1) is 4.75 Å². The molecule has 2 nitrogen and oxygen atoms in total. The number of phenols is 2. The van der Waals surface area contributed by atoms with Gasteiger partial charge in [-0.15, -0.1) is 11.8 Å². The highest BCUT2D eigenvalue weighted by Crippen LogP contribution is 2.72. The second-order valence-electron chi connectivity index (χ2n) is 8.76.